The van der Waals surface area contributed by atoms with Crippen LogP contribution in [0.4, 0.5) is 4.39 Å². The topological polar surface area (TPSA) is 87.3 Å². The molecule has 2 rings (SSSR count). The average Bonchev–Trinajstić information content (AvgIpc) is 2.73. The number of benzene rings is 1. The summed E-state index contributed by atoms with van der Waals surface area (Å²) in [5.41, 5.74) is 4.80. The summed E-state index contributed by atoms with van der Waals surface area (Å²) in [7, 11) is 0. The van der Waals surface area contributed by atoms with Crippen molar-refractivity contribution >= 4 is 17.7 Å². The Balaban J connectivity index is 1.77. The third kappa shape index (κ3) is 3.31. The van der Waals surface area contributed by atoms with E-state index in [-0.39, 0.29) is 18.8 Å². The molecule has 20 heavy (non-hydrogen) atoms. The van der Waals surface area contributed by atoms with Gasteiger partial charge in [0.05, 0.1) is 0 Å². The minimum Gasteiger partial charge on any atom is -0.356 e. The van der Waals surface area contributed by atoms with Gasteiger partial charge in [0.15, 0.2) is 0 Å². The van der Waals surface area contributed by atoms with Crippen molar-refractivity contribution in [1.82, 2.24) is 16.2 Å². The van der Waals surface area contributed by atoms with E-state index in [1.54, 1.807) is 18.2 Å². The first-order valence-corrected chi connectivity index (χ1v) is 6.17. The van der Waals surface area contributed by atoms with Gasteiger partial charge in [0, 0.05) is 13.0 Å². The zero-order valence-corrected chi connectivity index (χ0v) is 10.6. The van der Waals surface area contributed by atoms with Crippen LogP contribution in [0.15, 0.2) is 24.3 Å². The molecule has 3 N–H and O–H groups in total. The van der Waals surface area contributed by atoms with E-state index < -0.39 is 23.6 Å². The summed E-state index contributed by atoms with van der Waals surface area (Å²) >= 11 is 0. The number of nitrogens with one attached hydrogen (secondary N) is 3. The fourth-order valence-electron chi connectivity index (χ4n) is 1.90. The van der Waals surface area contributed by atoms with Crippen molar-refractivity contribution in [2.75, 3.05) is 6.54 Å². The van der Waals surface area contributed by atoms with E-state index in [1.807, 2.05) is 0 Å². The van der Waals surface area contributed by atoms with Crippen molar-refractivity contribution in [3.63, 3.8) is 0 Å². The first kappa shape index (κ1) is 14.0. The van der Waals surface area contributed by atoms with Crippen LogP contribution in [0, 0.1) is 11.7 Å². The van der Waals surface area contributed by atoms with Gasteiger partial charge in [0.1, 0.15) is 11.7 Å². The first-order valence-electron chi connectivity index (χ1n) is 6.17. The molecule has 1 aromatic rings. The zero-order valence-electron chi connectivity index (χ0n) is 10.6. The molecule has 0 saturated carbocycles. The third-order valence-electron chi connectivity index (χ3n) is 3.01. The molecular formula is C13H14FN3O3. The fraction of sp³-hybridized carbons (Fsp3) is 0.308. The van der Waals surface area contributed by atoms with Gasteiger partial charge in [0.2, 0.25) is 5.91 Å². The minimum absolute atomic E-state index is 0.213. The van der Waals surface area contributed by atoms with Gasteiger partial charge in [-0.2, -0.15) is 0 Å². The van der Waals surface area contributed by atoms with E-state index in [0.29, 0.717) is 12.0 Å². The second kappa shape index (κ2) is 6.14. The Morgan fingerprint density at radius 1 is 1.20 bits per heavy atom. The summed E-state index contributed by atoms with van der Waals surface area (Å²) in [5, 5.41) is 2.56. The first-order chi connectivity index (χ1) is 9.58. The smallest absolute Gasteiger partial charge is 0.251 e. The standard InChI is InChI=1S/C13H14FN3O3/c14-10-4-2-1-3-8(10)5-6-15-11(18)7-9-12(19)16-17-13(9)20/h1-4,9H,5-7H2,(H,15,18)(H,16,19)(H,17,20). The maximum absolute atomic E-state index is 13.3. The number of amides is 3. The Kier molecular flexibility index (Phi) is 4.29. The molecule has 1 fully saturated rings. The molecule has 0 aliphatic carbocycles. The lowest BCUT2D eigenvalue weighted by atomic mass is 10.1. The monoisotopic (exact) mass is 279 g/mol. The van der Waals surface area contributed by atoms with Crippen LogP contribution in [0.25, 0.3) is 0 Å². The normalized spacial score (nSPS) is 14.8. The van der Waals surface area contributed by atoms with Crippen LogP contribution in [-0.4, -0.2) is 24.3 Å². The van der Waals surface area contributed by atoms with E-state index >= 15 is 0 Å². The fourth-order valence-corrected chi connectivity index (χ4v) is 1.90. The van der Waals surface area contributed by atoms with E-state index in [0.717, 1.165) is 0 Å². The molecule has 1 aromatic carbocycles. The highest BCUT2D eigenvalue weighted by molar-refractivity contribution is 6.07. The quantitative estimate of drug-likeness (QED) is 0.644. The number of rotatable bonds is 5. The highest BCUT2D eigenvalue weighted by Crippen LogP contribution is 2.08. The predicted molar refractivity (Wildman–Crippen MR) is 67.5 cm³/mol. The highest BCUT2D eigenvalue weighted by Gasteiger charge is 2.34. The van der Waals surface area contributed by atoms with Gasteiger partial charge in [-0.3, -0.25) is 25.2 Å². The van der Waals surface area contributed by atoms with Crippen molar-refractivity contribution in [2.45, 2.75) is 12.8 Å². The van der Waals surface area contributed by atoms with Gasteiger partial charge < -0.3 is 5.32 Å². The molecule has 0 unspecified atom stereocenters. The molecule has 1 aliphatic rings. The molecule has 106 valence electrons. The summed E-state index contributed by atoms with van der Waals surface area (Å²) < 4.78 is 13.3. The summed E-state index contributed by atoms with van der Waals surface area (Å²) in [6.45, 7) is 0.246. The largest absolute Gasteiger partial charge is 0.356 e. The van der Waals surface area contributed by atoms with E-state index in [1.165, 1.54) is 6.07 Å². The molecular weight excluding hydrogens is 265 g/mol. The maximum Gasteiger partial charge on any atom is 0.251 e. The Morgan fingerprint density at radius 3 is 2.50 bits per heavy atom. The predicted octanol–water partition coefficient (Wildman–Crippen LogP) is -0.348. The lowest BCUT2D eigenvalue weighted by molar-refractivity contribution is -0.133. The van der Waals surface area contributed by atoms with Crippen molar-refractivity contribution in [3.8, 4) is 0 Å². The molecule has 6 nitrogen and oxygen atoms in total. The van der Waals surface area contributed by atoms with E-state index in [4.69, 9.17) is 0 Å². The molecule has 1 heterocycles. The molecule has 1 aliphatic heterocycles. The van der Waals surface area contributed by atoms with Crippen LogP contribution in [-0.2, 0) is 20.8 Å². The molecule has 1 saturated heterocycles. The van der Waals surface area contributed by atoms with Crippen LogP contribution >= 0.6 is 0 Å². The molecule has 0 spiro atoms. The number of carbonyl (C=O) groups is 3. The second-order valence-electron chi connectivity index (χ2n) is 4.43. The molecule has 3 amide bonds. The van der Waals surface area contributed by atoms with Crippen molar-refractivity contribution in [2.24, 2.45) is 5.92 Å². The van der Waals surface area contributed by atoms with Gasteiger partial charge in [-0.25, -0.2) is 4.39 Å². The van der Waals surface area contributed by atoms with Crippen molar-refractivity contribution in [3.05, 3.63) is 35.6 Å². The molecule has 0 aromatic heterocycles. The molecule has 7 heteroatoms. The van der Waals surface area contributed by atoms with Crippen LogP contribution in [0.3, 0.4) is 0 Å². The van der Waals surface area contributed by atoms with Crippen LogP contribution in [0.1, 0.15) is 12.0 Å². The van der Waals surface area contributed by atoms with Crippen molar-refractivity contribution in [1.29, 1.82) is 0 Å². The zero-order chi connectivity index (χ0) is 14.5. The Labute approximate surface area is 114 Å². The number of hydrazine groups is 1. The summed E-state index contributed by atoms with van der Waals surface area (Å²) in [5.74, 6) is -2.77. The number of hydrogen-bond donors (Lipinski definition) is 3. The maximum atomic E-state index is 13.3. The highest BCUT2D eigenvalue weighted by atomic mass is 19.1. The number of carbonyl (C=O) groups excluding carboxylic acids is 3. The van der Waals surface area contributed by atoms with Gasteiger partial charge in [-0.05, 0) is 18.1 Å². The minimum atomic E-state index is -0.997. The molecule has 0 atom stereocenters. The van der Waals surface area contributed by atoms with Crippen molar-refractivity contribution < 1.29 is 18.8 Å². The van der Waals surface area contributed by atoms with E-state index in [9.17, 15) is 18.8 Å². The Morgan fingerprint density at radius 2 is 1.85 bits per heavy atom. The number of hydrogen-bond acceptors (Lipinski definition) is 3. The van der Waals surface area contributed by atoms with Gasteiger partial charge >= 0.3 is 0 Å². The van der Waals surface area contributed by atoms with Gasteiger partial charge in [-0.15, -0.1) is 0 Å². The third-order valence-corrected chi connectivity index (χ3v) is 3.01. The second-order valence-corrected chi connectivity index (χ2v) is 4.43. The molecule has 0 bridgehead atoms. The van der Waals surface area contributed by atoms with Gasteiger partial charge in [0.25, 0.3) is 11.8 Å². The van der Waals surface area contributed by atoms with Crippen LogP contribution in [0.5, 0.6) is 0 Å². The van der Waals surface area contributed by atoms with Crippen LogP contribution < -0.4 is 16.2 Å². The SMILES string of the molecule is O=C(CC1C(=O)NNC1=O)NCCc1ccccc1F. The summed E-state index contributed by atoms with van der Waals surface area (Å²) in [4.78, 5) is 34.1. The van der Waals surface area contributed by atoms with Gasteiger partial charge in [-0.1, -0.05) is 18.2 Å². The lowest BCUT2D eigenvalue weighted by Gasteiger charge is -2.07. The average molecular weight is 279 g/mol. The lowest BCUT2D eigenvalue weighted by Crippen LogP contribution is -2.31. The van der Waals surface area contributed by atoms with Crippen LogP contribution in [0.2, 0.25) is 0 Å². The molecule has 0 radical (unpaired) electrons. The Bertz CT molecular complexity index is 531. The van der Waals surface area contributed by atoms with E-state index in [2.05, 4.69) is 16.2 Å². The number of halogens is 1. The Hall–Kier alpha value is -2.44. The summed E-state index contributed by atoms with van der Waals surface area (Å²) in [6.07, 6.45) is 0.135. The summed E-state index contributed by atoms with van der Waals surface area (Å²) in [6, 6.07) is 6.30.